The van der Waals surface area contributed by atoms with Gasteiger partial charge < -0.3 is 10.3 Å². The number of rotatable bonds is 2. The van der Waals surface area contributed by atoms with Gasteiger partial charge in [-0.05, 0) is 23.8 Å². The lowest BCUT2D eigenvalue weighted by molar-refractivity contribution is 0.464. The largest absolute Gasteiger partial charge is 0.757 e. The highest BCUT2D eigenvalue weighted by Crippen LogP contribution is 2.39. The SMILES string of the molecule is [O-]N1C(CCl)=Nc2ccc(Cl)cc2C1c1ccccc1. The van der Waals surface area contributed by atoms with Crippen molar-refractivity contribution in [1.82, 2.24) is 5.06 Å². The molecule has 0 saturated carbocycles. The maximum atomic E-state index is 12.5. The molecular formula is C15H11Cl2N2O-. The molecule has 0 saturated heterocycles. The number of halogens is 2. The summed E-state index contributed by atoms with van der Waals surface area (Å²) in [6, 6.07) is 14.4. The van der Waals surface area contributed by atoms with Crippen LogP contribution < -0.4 is 0 Å². The Kier molecular flexibility index (Phi) is 3.66. The maximum absolute atomic E-state index is 12.5. The van der Waals surface area contributed by atoms with Crippen molar-refractivity contribution in [3.63, 3.8) is 0 Å². The molecule has 2 aromatic carbocycles. The van der Waals surface area contributed by atoms with Crippen LogP contribution in [0.15, 0.2) is 53.5 Å². The molecule has 1 atom stereocenters. The lowest BCUT2D eigenvalue weighted by atomic mass is 9.95. The first kappa shape index (κ1) is 13.4. The monoisotopic (exact) mass is 305 g/mol. The number of amidine groups is 1. The second-order valence-electron chi connectivity index (χ2n) is 4.50. The zero-order valence-corrected chi connectivity index (χ0v) is 12.0. The Balaban J connectivity index is 2.19. The first-order valence-electron chi connectivity index (χ1n) is 6.15. The Morgan fingerprint density at radius 3 is 2.60 bits per heavy atom. The number of aliphatic imine (C=N–C) groups is 1. The second-order valence-corrected chi connectivity index (χ2v) is 5.21. The predicted molar refractivity (Wildman–Crippen MR) is 82.8 cm³/mol. The minimum absolute atomic E-state index is 0.0783. The minimum Gasteiger partial charge on any atom is -0.757 e. The summed E-state index contributed by atoms with van der Waals surface area (Å²) < 4.78 is 0. The van der Waals surface area contributed by atoms with E-state index in [2.05, 4.69) is 4.99 Å². The Hall–Kier alpha value is -1.55. The molecule has 102 valence electrons. The summed E-state index contributed by atoms with van der Waals surface area (Å²) in [4.78, 5) is 4.30. The number of hydroxylamine groups is 2. The van der Waals surface area contributed by atoms with Crippen LogP contribution in [-0.2, 0) is 0 Å². The van der Waals surface area contributed by atoms with E-state index in [1.54, 1.807) is 12.1 Å². The molecule has 0 bridgehead atoms. The van der Waals surface area contributed by atoms with Gasteiger partial charge in [-0.15, -0.1) is 11.6 Å². The smallest absolute Gasteiger partial charge is 0.110 e. The molecule has 0 radical (unpaired) electrons. The van der Waals surface area contributed by atoms with Gasteiger partial charge in [0, 0.05) is 10.6 Å². The highest BCUT2D eigenvalue weighted by Gasteiger charge is 2.25. The number of fused-ring (bicyclic) bond motifs is 1. The molecule has 3 rings (SSSR count). The zero-order chi connectivity index (χ0) is 14.1. The number of benzene rings is 2. The maximum Gasteiger partial charge on any atom is 0.110 e. The number of hydrogen-bond donors (Lipinski definition) is 0. The van der Waals surface area contributed by atoms with Crippen LogP contribution in [0.3, 0.4) is 0 Å². The summed E-state index contributed by atoms with van der Waals surface area (Å²) in [5, 5.41) is 13.9. The summed E-state index contributed by atoms with van der Waals surface area (Å²) in [7, 11) is 0. The lowest BCUT2D eigenvalue weighted by Crippen LogP contribution is -2.34. The normalized spacial score (nSPS) is 17.6. The predicted octanol–water partition coefficient (Wildman–Crippen LogP) is 4.51. The highest BCUT2D eigenvalue weighted by molar-refractivity contribution is 6.31. The molecule has 0 aromatic heterocycles. The summed E-state index contributed by atoms with van der Waals surface area (Å²) in [5.74, 6) is 0.393. The third-order valence-electron chi connectivity index (χ3n) is 3.26. The Labute approximate surface area is 127 Å². The number of hydrogen-bond acceptors (Lipinski definition) is 3. The molecule has 1 unspecified atom stereocenters. The van der Waals surface area contributed by atoms with Gasteiger partial charge in [0.1, 0.15) is 5.84 Å². The molecule has 5 heteroatoms. The van der Waals surface area contributed by atoms with E-state index < -0.39 is 6.04 Å². The fraction of sp³-hybridized carbons (Fsp3) is 0.133. The summed E-state index contributed by atoms with van der Waals surface area (Å²) in [6.07, 6.45) is 0. The Morgan fingerprint density at radius 1 is 1.15 bits per heavy atom. The molecule has 0 N–H and O–H groups in total. The Morgan fingerprint density at radius 2 is 1.90 bits per heavy atom. The number of alkyl halides is 1. The standard InChI is InChI=1S/C15H11Cl2N2O/c16-9-14-18-13-7-6-11(17)8-12(13)15(19(14)20)10-4-2-1-3-5-10/h1-8,15H,9H2/q-1. The Bertz CT molecular complexity index is 658. The lowest BCUT2D eigenvalue weighted by Gasteiger charge is -2.43. The average Bonchev–Trinajstić information content (AvgIpc) is 2.47. The summed E-state index contributed by atoms with van der Waals surface area (Å²) in [6.45, 7) is 0. The van der Waals surface area contributed by atoms with Crippen molar-refractivity contribution in [3.8, 4) is 0 Å². The molecule has 0 amide bonds. The van der Waals surface area contributed by atoms with E-state index in [0.29, 0.717) is 10.9 Å². The van der Waals surface area contributed by atoms with Crippen LogP contribution in [0.5, 0.6) is 0 Å². The molecular weight excluding hydrogens is 295 g/mol. The molecule has 0 aliphatic carbocycles. The van der Waals surface area contributed by atoms with Gasteiger partial charge in [-0.25, -0.2) is 4.99 Å². The first-order valence-corrected chi connectivity index (χ1v) is 7.06. The van der Waals surface area contributed by atoms with Crippen molar-refractivity contribution in [2.75, 3.05) is 5.88 Å². The van der Waals surface area contributed by atoms with E-state index >= 15 is 0 Å². The second kappa shape index (κ2) is 5.44. The topological polar surface area (TPSA) is 38.7 Å². The van der Waals surface area contributed by atoms with E-state index in [4.69, 9.17) is 23.2 Å². The van der Waals surface area contributed by atoms with Crippen LogP contribution in [0.4, 0.5) is 5.69 Å². The van der Waals surface area contributed by atoms with Gasteiger partial charge >= 0.3 is 0 Å². The van der Waals surface area contributed by atoms with Gasteiger partial charge in [-0.1, -0.05) is 41.9 Å². The fourth-order valence-electron chi connectivity index (χ4n) is 2.35. The third kappa shape index (κ3) is 2.29. The molecule has 2 aromatic rings. The van der Waals surface area contributed by atoms with Gasteiger partial charge in [0.15, 0.2) is 0 Å². The average molecular weight is 306 g/mol. The summed E-state index contributed by atoms with van der Waals surface area (Å²) >= 11 is 11.9. The fourth-order valence-corrected chi connectivity index (χ4v) is 2.71. The van der Waals surface area contributed by atoms with Crippen molar-refractivity contribution in [2.24, 2.45) is 4.99 Å². The van der Waals surface area contributed by atoms with Crippen LogP contribution in [0.2, 0.25) is 5.02 Å². The van der Waals surface area contributed by atoms with Crippen LogP contribution in [0, 0.1) is 5.21 Å². The minimum atomic E-state index is -0.462. The van der Waals surface area contributed by atoms with Gasteiger partial charge in [-0.2, -0.15) is 0 Å². The molecule has 20 heavy (non-hydrogen) atoms. The van der Waals surface area contributed by atoms with Crippen molar-refractivity contribution in [3.05, 3.63) is 69.9 Å². The highest BCUT2D eigenvalue weighted by atomic mass is 35.5. The summed E-state index contributed by atoms with van der Waals surface area (Å²) in [5.41, 5.74) is 2.43. The first-order chi connectivity index (χ1) is 9.70. The van der Waals surface area contributed by atoms with E-state index in [-0.39, 0.29) is 5.88 Å². The molecule has 3 nitrogen and oxygen atoms in total. The molecule has 1 aliphatic rings. The quantitative estimate of drug-likeness (QED) is 0.766. The molecule has 1 heterocycles. The molecule has 0 fully saturated rings. The van der Waals surface area contributed by atoms with E-state index in [0.717, 1.165) is 21.9 Å². The van der Waals surface area contributed by atoms with Crippen LogP contribution >= 0.6 is 23.2 Å². The van der Waals surface area contributed by atoms with E-state index in [1.165, 1.54) is 0 Å². The zero-order valence-electron chi connectivity index (χ0n) is 10.5. The van der Waals surface area contributed by atoms with Crippen molar-refractivity contribution in [1.29, 1.82) is 0 Å². The van der Waals surface area contributed by atoms with Gasteiger partial charge in [0.05, 0.1) is 17.6 Å². The van der Waals surface area contributed by atoms with Crippen LogP contribution in [0.25, 0.3) is 0 Å². The van der Waals surface area contributed by atoms with Crippen molar-refractivity contribution >= 4 is 34.7 Å². The van der Waals surface area contributed by atoms with Crippen LogP contribution in [0.1, 0.15) is 17.2 Å². The van der Waals surface area contributed by atoms with Crippen molar-refractivity contribution < 1.29 is 0 Å². The van der Waals surface area contributed by atoms with E-state index in [1.807, 2.05) is 36.4 Å². The number of nitrogens with zero attached hydrogens (tertiary/aromatic N) is 2. The van der Waals surface area contributed by atoms with Gasteiger partial charge in [-0.3, -0.25) is 0 Å². The molecule has 1 aliphatic heterocycles. The van der Waals surface area contributed by atoms with Crippen molar-refractivity contribution in [2.45, 2.75) is 6.04 Å². The third-order valence-corrected chi connectivity index (χ3v) is 3.73. The van der Waals surface area contributed by atoms with Gasteiger partial charge in [0.2, 0.25) is 0 Å². The van der Waals surface area contributed by atoms with E-state index in [9.17, 15) is 5.21 Å². The van der Waals surface area contributed by atoms with Gasteiger partial charge in [0.25, 0.3) is 0 Å². The molecule has 0 spiro atoms. The van der Waals surface area contributed by atoms with Crippen LogP contribution in [-0.4, -0.2) is 16.8 Å².